The number of hydrogen-bond acceptors (Lipinski definition) is 13. The molecule has 5 aromatic rings. The molecule has 1 fully saturated rings. The van der Waals surface area contributed by atoms with Gasteiger partial charge in [-0.2, -0.15) is 4.68 Å². The molecule has 2 atom stereocenters. The number of amides is 2. The lowest BCUT2D eigenvalue weighted by Gasteiger charge is -2.24. The molecule has 14 nitrogen and oxygen atoms in total. The molecular weight excluding hydrogens is 687 g/mol. The molecule has 1 aliphatic heterocycles. The van der Waals surface area contributed by atoms with Crippen LogP contribution in [0.15, 0.2) is 54.2 Å². The van der Waals surface area contributed by atoms with Gasteiger partial charge in [0, 0.05) is 22.9 Å². The number of carbonyl (C=O) groups is 3. The summed E-state index contributed by atoms with van der Waals surface area (Å²) in [5.41, 5.74) is -0.282. The molecular formula is C37H39N7O7S. The maximum atomic E-state index is 14.3. The first kappa shape index (κ1) is 34.9. The topological polar surface area (TPSA) is 160 Å². The van der Waals surface area contributed by atoms with Gasteiger partial charge in [0.2, 0.25) is 5.91 Å². The Kier molecular flexibility index (Phi) is 8.43. The summed E-state index contributed by atoms with van der Waals surface area (Å²) < 4.78 is 24.0. The van der Waals surface area contributed by atoms with E-state index in [1.54, 1.807) is 79.2 Å². The fraction of sp³-hybridized carbons (Fsp3) is 0.378. The number of nitrogens with one attached hydrogen (secondary N) is 1. The van der Waals surface area contributed by atoms with Crippen LogP contribution in [0.2, 0.25) is 0 Å². The largest absolute Gasteiger partial charge is 0.497 e. The molecule has 0 saturated heterocycles. The van der Waals surface area contributed by atoms with Gasteiger partial charge in [-0.05, 0) is 96.3 Å². The lowest BCUT2D eigenvalue weighted by atomic mass is 9.91. The number of nitrogens with zero attached hydrogens (tertiary/aromatic N) is 6. The van der Waals surface area contributed by atoms with Crippen molar-refractivity contribution in [2.24, 2.45) is 0 Å². The van der Waals surface area contributed by atoms with Crippen LogP contribution in [-0.4, -0.2) is 67.7 Å². The van der Waals surface area contributed by atoms with Crippen LogP contribution in [0.1, 0.15) is 71.9 Å². The van der Waals surface area contributed by atoms with Gasteiger partial charge >= 0.3 is 12.2 Å². The van der Waals surface area contributed by atoms with Crippen molar-refractivity contribution in [3.63, 3.8) is 0 Å². The summed E-state index contributed by atoms with van der Waals surface area (Å²) in [7, 11) is 1.55. The van der Waals surface area contributed by atoms with Gasteiger partial charge in [0.05, 0.1) is 36.5 Å². The molecule has 1 N–H and O–H groups in total. The molecule has 270 valence electrons. The number of thiazole rings is 1. The average Bonchev–Trinajstić information content (AvgIpc) is 3.32. The fourth-order valence-corrected chi connectivity index (χ4v) is 7.04. The zero-order valence-corrected chi connectivity index (χ0v) is 31.0. The van der Waals surface area contributed by atoms with E-state index in [2.05, 4.69) is 25.4 Å². The van der Waals surface area contributed by atoms with Gasteiger partial charge in [-0.15, -0.1) is 16.4 Å². The van der Waals surface area contributed by atoms with Crippen molar-refractivity contribution in [2.45, 2.75) is 77.4 Å². The van der Waals surface area contributed by atoms with Gasteiger partial charge in [0.15, 0.2) is 28.2 Å². The molecule has 3 aromatic heterocycles. The summed E-state index contributed by atoms with van der Waals surface area (Å²) in [4.78, 5) is 55.9. The maximum absolute atomic E-state index is 14.3. The summed E-state index contributed by atoms with van der Waals surface area (Å²) in [5, 5.41) is 11.0. The van der Waals surface area contributed by atoms with E-state index in [-0.39, 0.29) is 11.8 Å². The molecule has 2 aliphatic rings. The smallest absolute Gasteiger partial charge is 0.435 e. The highest BCUT2D eigenvalue weighted by Gasteiger charge is 2.68. The Balaban J connectivity index is 1.31. The molecule has 7 rings (SSSR count). The number of benzene rings is 2. The van der Waals surface area contributed by atoms with Gasteiger partial charge in [-0.25, -0.2) is 29.4 Å². The van der Waals surface area contributed by atoms with Crippen LogP contribution in [-0.2, 0) is 19.7 Å². The molecule has 1 spiro atoms. The lowest BCUT2D eigenvalue weighted by Crippen LogP contribution is -2.41. The highest BCUT2D eigenvalue weighted by Crippen LogP contribution is 2.67. The van der Waals surface area contributed by atoms with E-state index in [4.69, 9.17) is 18.9 Å². The van der Waals surface area contributed by atoms with E-state index in [0.717, 1.165) is 10.5 Å². The first-order valence-electron chi connectivity index (χ1n) is 16.8. The normalized spacial score (nSPS) is 18.0. The number of carbonyl (C=O) groups excluding carboxylic acids is 3. The first-order chi connectivity index (χ1) is 24.6. The number of fused-ring (bicyclic) bond motifs is 3. The Morgan fingerprint density at radius 2 is 1.75 bits per heavy atom. The number of hydrogen-bond donors (Lipinski definition) is 1. The molecule has 2 aromatic carbocycles. The van der Waals surface area contributed by atoms with Crippen molar-refractivity contribution in [1.29, 1.82) is 0 Å². The molecule has 0 radical (unpaired) electrons. The number of imide groups is 1. The molecule has 15 heteroatoms. The molecule has 0 unspecified atom stereocenters. The van der Waals surface area contributed by atoms with E-state index >= 15 is 0 Å². The summed E-state index contributed by atoms with van der Waals surface area (Å²) in [5.74, 6) is 1.32. The van der Waals surface area contributed by atoms with Crippen molar-refractivity contribution in [1.82, 2.24) is 24.7 Å². The number of anilines is 3. The number of aromatic nitrogens is 5. The number of methoxy groups -OCH3 is 1. The summed E-state index contributed by atoms with van der Waals surface area (Å²) in [6, 6.07) is 10.8. The third-order valence-electron chi connectivity index (χ3n) is 8.64. The Bertz CT molecular complexity index is 2220. The second kappa shape index (κ2) is 12.6. The van der Waals surface area contributed by atoms with Crippen LogP contribution in [0, 0.1) is 0 Å². The molecule has 52 heavy (non-hydrogen) atoms. The van der Waals surface area contributed by atoms with Gasteiger partial charge < -0.3 is 24.3 Å². The quantitative estimate of drug-likeness (QED) is 0.175. The predicted octanol–water partition coefficient (Wildman–Crippen LogP) is 7.59. The van der Waals surface area contributed by atoms with Crippen LogP contribution in [0.25, 0.3) is 21.7 Å². The lowest BCUT2D eigenvalue weighted by molar-refractivity contribution is -0.120. The molecule has 4 heterocycles. The SMILES string of the molecule is CCOc1cnc(-c2nccs2)nc1Nc1nn(C(=O)OC(C)(C)C)c2cc([C@@H]3C[C@@]34C(=O)N(C(=O)OC(C)(C)C)c3ccc(OC)cc34)ccc12. The first-order valence-corrected chi connectivity index (χ1v) is 17.7. The van der Waals surface area contributed by atoms with Crippen molar-refractivity contribution in [2.75, 3.05) is 23.9 Å². The fourth-order valence-electron chi connectivity index (χ4n) is 6.46. The molecule has 0 bridgehead atoms. The highest BCUT2D eigenvalue weighted by atomic mass is 32.1. The third kappa shape index (κ3) is 6.18. The van der Waals surface area contributed by atoms with E-state index in [1.807, 2.05) is 30.5 Å². The second-order valence-corrected chi connectivity index (χ2v) is 15.4. The van der Waals surface area contributed by atoms with Crippen LogP contribution >= 0.6 is 11.3 Å². The zero-order valence-electron chi connectivity index (χ0n) is 30.1. The van der Waals surface area contributed by atoms with Gasteiger partial charge in [0.1, 0.15) is 17.0 Å². The molecule has 1 saturated carbocycles. The van der Waals surface area contributed by atoms with Crippen LogP contribution in [0.4, 0.5) is 26.9 Å². The summed E-state index contributed by atoms with van der Waals surface area (Å²) >= 11 is 1.40. The van der Waals surface area contributed by atoms with Crippen molar-refractivity contribution >= 4 is 57.7 Å². The Morgan fingerprint density at radius 1 is 1.00 bits per heavy atom. The van der Waals surface area contributed by atoms with Gasteiger partial charge in [0.25, 0.3) is 0 Å². The highest BCUT2D eigenvalue weighted by molar-refractivity contribution is 7.13. The van der Waals surface area contributed by atoms with E-state index < -0.39 is 28.8 Å². The van der Waals surface area contributed by atoms with E-state index in [0.29, 0.717) is 69.1 Å². The van der Waals surface area contributed by atoms with Crippen LogP contribution in [0.3, 0.4) is 0 Å². The second-order valence-electron chi connectivity index (χ2n) is 14.6. The van der Waals surface area contributed by atoms with Crippen LogP contribution in [0.5, 0.6) is 11.5 Å². The van der Waals surface area contributed by atoms with Crippen molar-refractivity contribution < 1.29 is 33.3 Å². The average molecular weight is 726 g/mol. The predicted molar refractivity (Wildman–Crippen MR) is 195 cm³/mol. The van der Waals surface area contributed by atoms with E-state index in [9.17, 15) is 14.4 Å². The maximum Gasteiger partial charge on any atom is 0.435 e. The van der Waals surface area contributed by atoms with Gasteiger partial charge in [-0.3, -0.25) is 4.79 Å². The summed E-state index contributed by atoms with van der Waals surface area (Å²) in [6.45, 7) is 12.8. The number of ether oxygens (including phenoxy) is 4. The third-order valence-corrected chi connectivity index (χ3v) is 9.41. The molecule has 2 amide bonds. The van der Waals surface area contributed by atoms with Crippen molar-refractivity contribution in [3.8, 4) is 22.3 Å². The van der Waals surface area contributed by atoms with Gasteiger partial charge in [-0.1, -0.05) is 6.07 Å². The standard InChI is InChI=1S/C37H39N7O7S/c1-9-49-27-19-39-30(31-38-14-15-52-31)41-29(27)40-28-22-12-10-20(16-26(22)44(42-28)34(47)51-36(5,6)7)24-18-37(24)23-17-21(48-8)11-13-25(23)43(32(37)45)33(46)50-35(2,3)4/h10-17,19,24H,9,18H2,1-8H3,(H,39,40,41,42)/t24-,37-/m0/s1. The minimum atomic E-state index is -1.04. The summed E-state index contributed by atoms with van der Waals surface area (Å²) in [6.07, 6.45) is 2.25. The minimum Gasteiger partial charge on any atom is -0.497 e. The molecule has 1 aliphatic carbocycles. The minimum absolute atomic E-state index is 0.325. The Labute approximate surface area is 304 Å². The van der Waals surface area contributed by atoms with Crippen LogP contribution < -0.4 is 19.7 Å². The number of rotatable bonds is 7. The van der Waals surface area contributed by atoms with E-state index in [1.165, 1.54) is 16.0 Å². The Morgan fingerprint density at radius 3 is 2.42 bits per heavy atom. The van der Waals surface area contributed by atoms with Crippen molar-refractivity contribution in [3.05, 3.63) is 65.3 Å². The zero-order chi connectivity index (χ0) is 37.2. The monoisotopic (exact) mass is 725 g/mol. The Hall–Kier alpha value is -5.57.